The Balaban J connectivity index is 2.57. The van der Waals surface area contributed by atoms with Crippen molar-refractivity contribution in [1.29, 1.82) is 5.26 Å². The third-order valence-electron chi connectivity index (χ3n) is 1.90. The van der Waals surface area contributed by atoms with Crippen molar-refractivity contribution in [3.05, 3.63) is 29.6 Å². The third kappa shape index (κ3) is 3.24. The summed E-state index contributed by atoms with van der Waals surface area (Å²) in [5.74, 6) is -1.10. The first kappa shape index (κ1) is 12.0. The number of nitrogens with two attached hydrogens (primary N) is 1. The van der Waals surface area contributed by atoms with Gasteiger partial charge in [-0.15, -0.1) is 0 Å². The van der Waals surface area contributed by atoms with E-state index in [0.29, 0.717) is 12.8 Å². The maximum Gasteiger partial charge on any atom is 0.340 e. The Morgan fingerprint density at radius 3 is 2.94 bits per heavy atom. The van der Waals surface area contributed by atoms with E-state index in [-0.39, 0.29) is 17.9 Å². The van der Waals surface area contributed by atoms with Crippen molar-refractivity contribution in [2.45, 2.75) is 12.8 Å². The number of halogens is 1. The van der Waals surface area contributed by atoms with E-state index in [1.54, 1.807) is 0 Å². The Labute approximate surface area is 92.4 Å². The molecular formula is C11H11FN2O2. The first-order valence-corrected chi connectivity index (χ1v) is 4.74. The third-order valence-corrected chi connectivity index (χ3v) is 1.90. The summed E-state index contributed by atoms with van der Waals surface area (Å²) < 4.78 is 17.6. The molecule has 4 nitrogen and oxygen atoms in total. The van der Waals surface area contributed by atoms with E-state index in [1.165, 1.54) is 6.07 Å². The minimum absolute atomic E-state index is 0.0466. The van der Waals surface area contributed by atoms with Crippen LogP contribution >= 0.6 is 0 Å². The molecule has 0 fully saturated rings. The van der Waals surface area contributed by atoms with Crippen LogP contribution in [-0.4, -0.2) is 12.6 Å². The molecule has 1 rings (SSSR count). The summed E-state index contributed by atoms with van der Waals surface area (Å²) in [6.07, 6.45) is 0.801. The highest BCUT2D eigenvalue weighted by atomic mass is 19.1. The van der Waals surface area contributed by atoms with Crippen LogP contribution in [0.4, 0.5) is 10.1 Å². The van der Waals surface area contributed by atoms with Crippen molar-refractivity contribution in [1.82, 2.24) is 0 Å². The molecule has 0 amide bonds. The van der Waals surface area contributed by atoms with Gasteiger partial charge in [0.05, 0.1) is 18.2 Å². The second kappa shape index (κ2) is 5.71. The highest BCUT2D eigenvalue weighted by Crippen LogP contribution is 2.14. The normalized spacial score (nSPS) is 9.50. The van der Waals surface area contributed by atoms with Crippen LogP contribution in [-0.2, 0) is 4.74 Å². The zero-order valence-electron chi connectivity index (χ0n) is 8.57. The summed E-state index contributed by atoms with van der Waals surface area (Å²) in [4.78, 5) is 11.4. The number of hydrogen-bond donors (Lipinski definition) is 1. The molecule has 0 unspecified atom stereocenters. The Morgan fingerprint density at radius 1 is 1.56 bits per heavy atom. The van der Waals surface area contributed by atoms with Gasteiger partial charge in [0, 0.05) is 12.1 Å². The number of nitriles is 1. The molecule has 0 saturated carbocycles. The molecule has 1 aromatic carbocycles. The Kier molecular flexibility index (Phi) is 4.28. The van der Waals surface area contributed by atoms with Crippen LogP contribution in [0.1, 0.15) is 23.2 Å². The standard InChI is InChI=1S/C11H11FN2O2/c12-8-3-4-9(10(14)7-8)11(15)16-6-2-1-5-13/h3-4,7H,1-2,6,14H2. The summed E-state index contributed by atoms with van der Waals surface area (Å²) in [5, 5.41) is 8.27. The SMILES string of the molecule is N#CCCCOC(=O)c1ccc(F)cc1N. The lowest BCUT2D eigenvalue weighted by atomic mass is 10.2. The summed E-state index contributed by atoms with van der Waals surface area (Å²) in [6.45, 7) is 0.156. The number of rotatable bonds is 4. The fraction of sp³-hybridized carbons (Fsp3) is 0.273. The fourth-order valence-corrected chi connectivity index (χ4v) is 1.11. The first-order valence-electron chi connectivity index (χ1n) is 4.74. The molecule has 0 atom stereocenters. The monoisotopic (exact) mass is 222 g/mol. The van der Waals surface area contributed by atoms with Gasteiger partial charge in [0.2, 0.25) is 0 Å². The molecule has 0 radical (unpaired) electrons. The van der Waals surface area contributed by atoms with E-state index < -0.39 is 11.8 Å². The van der Waals surface area contributed by atoms with Crippen LogP contribution in [0.25, 0.3) is 0 Å². The maximum absolute atomic E-state index is 12.7. The van der Waals surface area contributed by atoms with Crippen LogP contribution in [0.2, 0.25) is 0 Å². The molecule has 0 bridgehead atoms. The number of esters is 1. The van der Waals surface area contributed by atoms with Crippen LogP contribution < -0.4 is 5.73 Å². The van der Waals surface area contributed by atoms with Gasteiger partial charge in [0.25, 0.3) is 0 Å². The van der Waals surface area contributed by atoms with E-state index in [1.807, 2.05) is 6.07 Å². The Morgan fingerprint density at radius 2 is 2.31 bits per heavy atom. The van der Waals surface area contributed by atoms with Gasteiger partial charge in [0.15, 0.2) is 0 Å². The molecule has 0 aliphatic carbocycles. The van der Waals surface area contributed by atoms with E-state index in [2.05, 4.69) is 0 Å². The van der Waals surface area contributed by atoms with Crippen molar-refractivity contribution in [2.75, 3.05) is 12.3 Å². The van der Waals surface area contributed by atoms with Gasteiger partial charge in [-0.25, -0.2) is 9.18 Å². The number of nitrogens with zero attached hydrogens (tertiary/aromatic N) is 1. The summed E-state index contributed by atoms with van der Waals surface area (Å²) >= 11 is 0. The van der Waals surface area contributed by atoms with Crippen LogP contribution in [0, 0.1) is 17.1 Å². The minimum Gasteiger partial charge on any atom is -0.462 e. The van der Waals surface area contributed by atoms with E-state index in [4.69, 9.17) is 15.7 Å². The summed E-state index contributed by atoms with van der Waals surface area (Å²) in [5.41, 5.74) is 5.64. The van der Waals surface area contributed by atoms with Gasteiger partial charge < -0.3 is 10.5 Å². The molecule has 1 aromatic rings. The Hall–Kier alpha value is -2.09. The number of carbonyl (C=O) groups excluding carboxylic acids is 1. The van der Waals surface area contributed by atoms with Gasteiger partial charge in [-0.2, -0.15) is 5.26 Å². The molecule has 0 aliphatic rings. The van der Waals surface area contributed by atoms with Crippen LogP contribution in [0.15, 0.2) is 18.2 Å². The van der Waals surface area contributed by atoms with E-state index >= 15 is 0 Å². The Bertz CT molecular complexity index is 426. The van der Waals surface area contributed by atoms with Crippen molar-refractivity contribution >= 4 is 11.7 Å². The van der Waals surface area contributed by atoms with Gasteiger partial charge in [-0.1, -0.05) is 0 Å². The second-order valence-electron chi connectivity index (χ2n) is 3.13. The molecule has 0 saturated heterocycles. The zero-order chi connectivity index (χ0) is 12.0. The van der Waals surface area contributed by atoms with Gasteiger partial charge >= 0.3 is 5.97 Å². The van der Waals surface area contributed by atoms with E-state index in [9.17, 15) is 9.18 Å². The first-order chi connectivity index (χ1) is 7.65. The zero-order valence-corrected chi connectivity index (χ0v) is 8.57. The molecule has 0 heterocycles. The molecule has 0 aromatic heterocycles. The van der Waals surface area contributed by atoms with Crippen molar-refractivity contribution in [3.63, 3.8) is 0 Å². The number of benzene rings is 1. The van der Waals surface area contributed by atoms with E-state index in [0.717, 1.165) is 12.1 Å². The average molecular weight is 222 g/mol. The predicted molar refractivity (Wildman–Crippen MR) is 55.9 cm³/mol. The van der Waals surface area contributed by atoms with Gasteiger partial charge in [0.1, 0.15) is 5.82 Å². The highest BCUT2D eigenvalue weighted by Gasteiger charge is 2.11. The summed E-state index contributed by atoms with van der Waals surface area (Å²) in [6, 6.07) is 5.41. The number of nitrogen functional groups attached to an aromatic ring is 1. The highest BCUT2D eigenvalue weighted by molar-refractivity contribution is 5.94. The summed E-state index contributed by atoms with van der Waals surface area (Å²) in [7, 11) is 0. The van der Waals surface area contributed by atoms with Gasteiger partial charge in [-0.3, -0.25) is 0 Å². The number of unbranched alkanes of at least 4 members (excludes halogenated alkanes) is 1. The number of ether oxygens (including phenoxy) is 1. The quantitative estimate of drug-likeness (QED) is 0.479. The second-order valence-corrected chi connectivity index (χ2v) is 3.13. The van der Waals surface area contributed by atoms with Crippen LogP contribution in [0.3, 0.4) is 0 Å². The largest absolute Gasteiger partial charge is 0.462 e. The average Bonchev–Trinajstić information content (AvgIpc) is 2.24. The molecule has 16 heavy (non-hydrogen) atoms. The molecule has 0 spiro atoms. The minimum atomic E-state index is -0.601. The topological polar surface area (TPSA) is 76.1 Å². The van der Waals surface area contributed by atoms with Crippen molar-refractivity contribution < 1.29 is 13.9 Å². The predicted octanol–water partition coefficient (Wildman–Crippen LogP) is 1.87. The lowest BCUT2D eigenvalue weighted by Crippen LogP contribution is -2.09. The molecule has 5 heteroatoms. The van der Waals surface area contributed by atoms with Crippen molar-refractivity contribution in [3.8, 4) is 6.07 Å². The number of anilines is 1. The van der Waals surface area contributed by atoms with Crippen molar-refractivity contribution in [2.24, 2.45) is 0 Å². The molecule has 2 N–H and O–H groups in total. The smallest absolute Gasteiger partial charge is 0.340 e. The van der Waals surface area contributed by atoms with Gasteiger partial charge in [-0.05, 0) is 24.6 Å². The maximum atomic E-state index is 12.7. The fourth-order valence-electron chi connectivity index (χ4n) is 1.11. The number of carbonyl (C=O) groups is 1. The molecule has 84 valence electrons. The lowest BCUT2D eigenvalue weighted by molar-refractivity contribution is 0.0503. The van der Waals surface area contributed by atoms with Crippen LogP contribution in [0.5, 0.6) is 0 Å². The number of hydrogen-bond acceptors (Lipinski definition) is 4. The lowest BCUT2D eigenvalue weighted by Gasteiger charge is -2.05. The molecule has 0 aliphatic heterocycles. The molecular weight excluding hydrogens is 211 g/mol.